The summed E-state index contributed by atoms with van der Waals surface area (Å²) in [6, 6.07) is 9.46. The van der Waals surface area contributed by atoms with E-state index in [2.05, 4.69) is 20.9 Å². The van der Waals surface area contributed by atoms with Crippen LogP contribution in [0.15, 0.2) is 45.8 Å². The molecule has 0 N–H and O–H groups in total. The molecule has 0 fully saturated rings. The number of halogens is 2. The Kier molecular flexibility index (Phi) is 6.07. The maximum Gasteiger partial charge on any atom is 0.242 e. The van der Waals surface area contributed by atoms with Crippen molar-refractivity contribution in [1.29, 1.82) is 0 Å². The SMILES string of the molecule is CCCn1c(COc2ccc(Br)cc2F)nc2cc(S(=O)(=O)N(C)C)ccc21. The van der Waals surface area contributed by atoms with Crippen LogP contribution in [0, 0.1) is 5.82 Å². The first-order chi connectivity index (χ1) is 13.2. The van der Waals surface area contributed by atoms with Gasteiger partial charge in [0.1, 0.15) is 12.4 Å². The van der Waals surface area contributed by atoms with Crippen LogP contribution in [-0.2, 0) is 23.2 Å². The third-order valence-corrected chi connectivity index (χ3v) is 6.58. The summed E-state index contributed by atoms with van der Waals surface area (Å²) in [5, 5.41) is 0. The number of fused-ring (bicyclic) bond motifs is 1. The van der Waals surface area contributed by atoms with E-state index in [1.807, 2.05) is 11.5 Å². The Labute approximate surface area is 172 Å². The van der Waals surface area contributed by atoms with E-state index in [0.717, 1.165) is 16.2 Å². The summed E-state index contributed by atoms with van der Waals surface area (Å²) in [7, 11) is -0.576. The Bertz CT molecular complexity index is 1110. The third kappa shape index (κ3) is 4.06. The van der Waals surface area contributed by atoms with Gasteiger partial charge in [-0.25, -0.2) is 22.1 Å². The van der Waals surface area contributed by atoms with Crippen LogP contribution in [0.5, 0.6) is 5.75 Å². The molecule has 0 saturated heterocycles. The van der Waals surface area contributed by atoms with Crippen molar-refractivity contribution >= 4 is 37.0 Å². The molecule has 0 saturated carbocycles. The summed E-state index contributed by atoms with van der Waals surface area (Å²) >= 11 is 3.22. The highest BCUT2D eigenvalue weighted by Gasteiger charge is 2.20. The van der Waals surface area contributed by atoms with Crippen molar-refractivity contribution < 1.29 is 17.5 Å². The molecule has 0 unspecified atom stereocenters. The van der Waals surface area contributed by atoms with Gasteiger partial charge in [-0.3, -0.25) is 0 Å². The van der Waals surface area contributed by atoms with E-state index < -0.39 is 15.8 Å². The Morgan fingerprint density at radius 1 is 1.21 bits per heavy atom. The van der Waals surface area contributed by atoms with Crippen LogP contribution < -0.4 is 4.74 Å². The van der Waals surface area contributed by atoms with E-state index >= 15 is 0 Å². The molecule has 2 aromatic carbocycles. The number of hydrogen-bond acceptors (Lipinski definition) is 4. The van der Waals surface area contributed by atoms with Gasteiger partial charge >= 0.3 is 0 Å². The average molecular weight is 470 g/mol. The second-order valence-electron chi connectivity index (χ2n) is 6.48. The monoisotopic (exact) mass is 469 g/mol. The lowest BCUT2D eigenvalue weighted by atomic mass is 10.3. The van der Waals surface area contributed by atoms with Crippen molar-refractivity contribution in [2.75, 3.05) is 14.1 Å². The van der Waals surface area contributed by atoms with Crippen LogP contribution in [0.2, 0.25) is 0 Å². The van der Waals surface area contributed by atoms with E-state index in [4.69, 9.17) is 4.74 Å². The normalized spacial score (nSPS) is 12.1. The predicted octanol–water partition coefficient (Wildman–Crippen LogP) is 4.18. The van der Waals surface area contributed by atoms with Crippen LogP contribution in [0.25, 0.3) is 11.0 Å². The molecule has 150 valence electrons. The predicted molar refractivity (Wildman–Crippen MR) is 109 cm³/mol. The molecule has 3 aromatic rings. The fourth-order valence-electron chi connectivity index (χ4n) is 2.85. The van der Waals surface area contributed by atoms with Gasteiger partial charge in [0.05, 0.1) is 15.9 Å². The minimum absolute atomic E-state index is 0.0724. The molecule has 1 aromatic heterocycles. The van der Waals surface area contributed by atoms with Crippen molar-refractivity contribution in [2.24, 2.45) is 0 Å². The first kappa shape index (κ1) is 20.8. The largest absolute Gasteiger partial charge is 0.483 e. The van der Waals surface area contributed by atoms with Gasteiger partial charge in [0, 0.05) is 25.1 Å². The number of ether oxygens (including phenoxy) is 1. The third-order valence-electron chi connectivity index (χ3n) is 4.28. The summed E-state index contributed by atoms with van der Waals surface area (Å²) in [5.74, 6) is 0.277. The Balaban J connectivity index is 1.98. The fraction of sp³-hybridized carbons (Fsp3) is 0.316. The average Bonchev–Trinajstić information content (AvgIpc) is 2.98. The Hall–Kier alpha value is -1.97. The van der Waals surface area contributed by atoms with Gasteiger partial charge in [-0.1, -0.05) is 22.9 Å². The van der Waals surface area contributed by atoms with Gasteiger partial charge in [0.2, 0.25) is 10.0 Å². The second-order valence-corrected chi connectivity index (χ2v) is 9.55. The molecule has 0 aliphatic carbocycles. The number of hydrogen-bond donors (Lipinski definition) is 0. The van der Waals surface area contributed by atoms with Crippen molar-refractivity contribution in [3.63, 3.8) is 0 Å². The summed E-state index contributed by atoms with van der Waals surface area (Å²) in [6.45, 7) is 2.80. The summed E-state index contributed by atoms with van der Waals surface area (Å²) in [4.78, 5) is 4.73. The van der Waals surface area contributed by atoms with Crippen LogP contribution in [0.1, 0.15) is 19.2 Å². The van der Waals surface area contributed by atoms with Gasteiger partial charge in [-0.15, -0.1) is 0 Å². The zero-order chi connectivity index (χ0) is 20.5. The molecular formula is C19H21BrFN3O3S. The molecule has 0 amide bonds. The standard InChI is InChI=1S/C19H21BrFN3O3S/c1-4-9-24-17-7-6-14(28(25,26)23(2)3)11-16(17)22-19(24)12-27-18-8-5-13(20)10-15(18)21/h5-8,10-11H,4,9,12H2,1-3H3. The number of nitrogens with zero attached hydrogens (tertiary/aromatic N) is 3. The van der Waals surface area contributed by atoms with Crippen LogP contribution in [0.3, 0.4) is 0 Å². The van der Waals surface area contributed by atoms with Gasteiger partial charge in [0.25, 0.3) is 0 Å². The molecule has 9 heteroatoms. The summed E-state index contributed by atoms with van der Waals surface area (Å²) in [6.07, 6.45) is 0.864. The van der Waals surface area contributed by atoms with Gasteiger partial charge in [0.15, 0.2) is 11.6 Å². The molecule has 28 heavy (non-hydrogen) atoms. The lowest BCUT2D eigenvalue weighted by Gasteiger charge is -2.11. The number of imidazole rings is 1. The zero-order valence-corrected chi connectivity index (χ0v) is 18.2. The minimum Gasteiger partial charge on any atom is -0.483 e. The highest BCUT2D eigenvalue weighted by Crippen LogP contribution is 2.25. The number of benzene rings is 2. The van der Waals surface area contributed by atoms with E-state index in [9.17, 15) is 12.8 Å². The summed E-state index contributed by atoms with van der Waals surface area (Å²) in [5.41, 5.74) is 1.38. The molecule has 0 aliphatic rings. The van der Waals surface area contributed by atoms with Crippen molar-refractivity contribution in [1.82, 2.24) is 13.9 Å². The highest BCUT2D eigenvalue weighted by molar-refractivity contribution is 9.10. The maximum atomic E-state index is 14.0. The lowest BCUT2D eigenvalue weighted by molar-refractivity contribution is 0.276. The molecule has 6 nitrogen and oxygen atoms in total. The number of sulfonamides is 1. The van der Waals surface area contributed by atoms with Crippen LogP contribution >= 0.6 is 15.9 Å². The molecule has 0 bridgehead atoms. The van der Waals surface area contributed by atoms with E-state index in [0.29, 0.717) is 22.4 Å². The second kappa shape index (κ2) is 8.18. The first-order valence-electron chi connectivity index (χ1n) is 8.73. The Morgan fingerprint density at radius 2 is 1.96 bits per heavy atom. The first-order valence-corrected chi connectivity index (χ1v) is 11.0. The quantitative estimate of drug-likeness (QED) is 0.520. The van der Waals surface area contributed by atoms with Crippen LogP contribution in [0.4, 0.5) is 4.39 Å². The van der Waals surface area contributed by atoms with E-state index in [1.54, 1.807) is 30.3 Å². The molecular weight excluding hydrogens is 449 g/mol. The van der Waals surface area contributed by atoms with Crippen molar-refractivity contribution in [3.8, 4) is 5.75 Å². The molecule has 0 aliphatic heterocycles. The van der Waals surface area contributed by atoms with Crippen molar-refractivity contribution in [2.45, 2.75) is 31.4 Å². The molecule has 0 radical (unpaired) electrons. The smallest absolute Gasteiger partial charge is 0.242 e. The Morgan fingerprint density at radius 3 is 2.61 bits per heavy atom. The van der Waals surface area contributed by atoms with Gasteiger partial charge in [-0.05, 0) is 42.8 Å². The number of aromatic nitrogens is 2. The van der Waals surface area contributed by atoms with Gasteiger partial charge < -0.3 is 9.30 Å². The van der Waals surface area contributed by atoms with Gasteiger partial charge in [-0.2, -0.15) is 0 Å². The number of rotatable bonds is 7. The van der Waals surface area contributed by atoms with E-state index in [1.165, 1.54) is 20.2 Å². The molecule has 0 atom stereocenters. The summed E-state index contributed by atoms with van der Waals surface area (Å²) < 4.78 is 48.2. The van der Waals surface area contributed by atoms with E-state index in [-0.39, 0.29) is 17.3 Å². The highest BCUT2D eigenvalue weighted by atomic mass is 79.9. The zero-order valence-electron chi connectivity index (χ0n) is 15.8. The maximum absolute atomic E-state index is 14.0. The molecule has 1 heterocycles. The van der Waals surface area contributed by atoms with Crippen LogP contribution in [-0.4, -0.2) is 36.4 Å². The van der Waals surface area contributed by atoms with Crippen molar-refractivity contribution in [3.05, 3.63) is 52.5 Å². The fourth-order valence-corrected chi connectivity index (χ4v) is 4.10. The molecule has 3 rings (SSSR count). The number of aryl methyl sites for hydroxylation is 1. The molecule has 0 spiro atoms. The lowest BCUT2D eigenvalue weighted by Crippen LogP contribution is -2.22. The topological polar surface area (TPSA) is 64.4 Å². The minimum atomic E-state index is -3.55.